The van der Waals surface area contributed by atoms with Gasteiger partial charge in [0, 0.05) is 6.61 Å². The zero-order chi connectivity index (χ0) is 11.0. The third-order valence-electron chi connectivity index (χ3n) is 1.64. The van der Waals surface area contributed by atoms with Gasteiger partial charge < -0.3 is 14.9 Å². The van der Waals surface area contributed by atoms with Crippen molar-refractivity contribution in [3.8, 4) is 0 Å². The molecule has 14 heavy (non-hydrogen) atoms. The van der Waals surface area contributed by atoms with Crippen molar-refractivity contribution < 1.29 is 24.5 Å². The van der Waals surface area contributed by atoms with E-state index in [2.05, 4.69) is 0 Å². The van der Waals surface area contributed by atoms with Crippen molar-refractivity contribution in [3.05, 3.63) is 0 Å². The summed E-state index contributed by atoms with van der Waals surface area (Å²) in [6.45, 7) is 1.78. The lowest BCUT2D eigenvalue weighted by molar-refractivity contribution is -0.151. The number of carbonyl (C=O) groups excluding carboxylic acids is 1. The van der Waals surface area contributed by atoms with Gasteiger partial charge in [0.05, 0.1) is 18.9 Å². The molecule has 0 saturated carbocycles. The normalized spacial score (nSPS) is 12.1. The zero-order valence-electron chi connectivity index (χ0n) is 8.23. The predicted octanol–water partition coefficient (Wildman–Crippen LogP) is 0.555. The number of rotatable bonds is 7. The molecule has 0 rings (SSSR count). The largest absolute Gasteiger partial charge is 0.481 e. The number of carboxylic acids is 1. The van der Waals surface area contributed by atoms with Gasteiger partial charge in [-0.05, 0) is 19.8 Å². The van der Waals surface area contributed by atoms with Gasteiger partial charge in [-0.3, -0.25) is 9.59 Å². The first-order chi connectivity index (χ1) is 6.56. The summed E-state index contributed by atoms with van der Waals surface area (Å²) >= 11 is 0. The third-order valence-corrected chi connectivity index (χ3v) is 1.64. The Morgan fingerprint density at radius 1 is 1.36 bits per heavy atom. The molecule has 0 aromatic carbocycles. The van der Waals surface area contributed by atoms with Crippen LogP contribution in [0.1, 0.15) is 32.6 Å². The number of aliphatic hydroxyl groups excluding tert-OH is 1. The molecule has 0 bridgehead atoms. The molecule has 0 amide bonds. The van der Waals surface area contributed by atoms with Gasteiger partial charge in [-0.15, -0.1) is 0 Å². The van der Waals surface area contributed by atoms with Crippen molar-refractivity contribution >= 4 is 11.9 Å². The number of hydrogen-bond acceptors (Lipinski definition) is 4. The number of carbonyl (C=O) groups is 2. The smallest absolute Gasteiger partial charge is 0.306 e. The van der Waals surface area contributed by atoms with Crippen molar-refractivity contribution in [3.63, 3.8) is 0 Å². The van der Waals surface area contributed by atoms with Gasteiger partial charge >= 0.3 is 11.9 Å². The van der Waals surface area contributed by atoms with Gasteiger partial charge in [-0.2, -0.15) is 0 Å². The maximum Gasteiger partial charge on any atom is 0.306 e. The minimum absolute atomic E-state index is 0.0665. The first kappa shape index (κ1) is 12.9. The molecule has 82 valence electrons. The van der Waals surface area contributed by atoms with E-state index in [9.17, 15) is 9.59 Å². The van der Waals surface area contributed by atoms with E-state index < -0.39 is 11.9 Å². The first-order valence-electron chi connectivity index (χ1n) is 4.58. The summed E-state index contributed by atoms with van der Waals surface area (Å²) in [5.41, 5.74) is 0. The van der Waals surface area contributed by atoms with Crippen LogP contribution in [0.4, 0.5) is 0 Å². The van der Waals surface area contributed by atoms with Crippen LogP contribution in [0.25, 0.3) is 0 Å². The van der Waals surface area contributed by atoms with Crippen LogP contribution < -0.4 is 0 Å². The quantitative estimate of drug-likeness (QED) is 0.592. The van der Waals surface area contributed by atoms with E-state index in [0.717, 1.165) is 0 Å². The van der Waals surface area contributed by atoms with Crippen LogP contribution in [0.5, 0.6) is 0 Å². The molecule has 0 aliphatic heterocycles. The van der Waals surface area contributed by atoms with Gasteiger partial charge in [0.15, 0.2) is 0 Å². The lowest BCUT2D eigenvalue weighted by atomic mass is 10.2. The number of carboxylic acid groups (broad SMARTS) is 1. The Balaban J connectivity index is 3.55. The average Bonchev–Trinajstić information content (AvgIpc) is 2.11. The molecule has 0 aliphatic rings. The van der Waals surface area contributed by atoms with E-state index in [1.807, 2.05) is 0 Å². The molecular weight excluding hydrogens is 188 g/mol. The van der Waals surface area contributed by atoms with E-state index >= 15 is 0 Å². The van der Waals surface area contributed by atoms with Crippen molar-refractivity contribution in [2.24, 2.45) is 0 Å². The van der Waals surface area contributed by atoms with Crippen LogP contribution >= 0.6 is 0 Å². The second kappa shape index (κ2) is 7.32. The SMILES string of the molecule is CC(CCCO)OC(=O)CCC(=O)O. The van der Waals surface area contributed by atoms with Crippen LogP contribution in [0.2, 0.25) is 0 Å². The predicted molar refractivity (Wildman–Crippen MR) is 48.7 cm³/mol. The second-order valence-electron chi connectivity index (χ2n) is 3.06. The Kier molecular flexibility index (Phi) is 6.74. The van der Waals surface area contributed by atoms with E-state index in [1.165, 1.54) is 0 Å². The molecule has 0 saturated heterocycles. The number of ether oxygens (including phenoxy) is 1. The molecular formula is C9H16O5. The summed E-state index contributed by atoms with van der Waals surface area (Å²) in [7, 11) is 0. The maximum absolute atomic E-state index is 11.0. The highest BCUT2D eigenvalue weighted by molar-refractivity contribution is 5.76. The summed E-state index contributed by atoms with van der Waals surface area (Å²) in [4.78, 5) is 21.1. The highest BCUT2D eigenvalue weighted by atomic mass is 16.5. The molecule has 0 aliphatic carbocycles. The Hall–Kier alpha value is -1.10. The van der Waals surface area contributed by atoms with Crippen LogP contribution in [-0.4, -0.2) is 34.9 Å². The van der Waals surface area contributed by atoms with E-state index in [0.29, 0.717) is 12.8 Å². The molecule has 0 aromatic heterocycles. The first-order valence-corrected chi connectivity index (χ1v) is 4.58. The molecule has 1 unspecified atom stereocenters. The molecule has 0 heterocycles. The summed E-state index contributed by atoms with van der Waals surface area (Å²) in [5.74, 6) is -1.51. The second-order valence-corrected chi connectivity index (χ2v) is 3.06. The summed E-state index contributed by atoms with van der Waals surface area (Å²) in [6.07, 6.45) is 0.607. The zero-order valence-corrected chi connectivity index (χ0v) is 8.23. The number of aliphatic hydroxyl groups is 1. The standard InChI is InChI=1S/C9H16O5/c1-7(3-2-6-10)14-9(13)5-4-8(11)12/h7,10H,2-6H2,1H3,(H,11,12). The molecule has 2 N–H and O–H groups in total. The van der Waals surface area contributed by atoms with Crippen molar-refractivity contribution in [1.82, 2.24) is 0 Å². The number of hydrogen-bond donors (Lipinski definition) is 2. The fourth-order valence-electron chi connectivity index (χ4n) is 0.930. The maximum atomic E-state index is 11.0. The van der Waals surface area contributed by atoms with E-state index in [-0.39, 0.29) is 25.6 Å². The monoisotopic (exact) mass is 204 g/mol. The molecule has 0 aromatic rings. The van der Waals surface area contributed by atoms with Gasteiger partial charge in [-0.25, -0.2) is 0 Å². The highest BCUT2D eigenvalue weighted by Gasteiger charge is 2.10. The Bertz CT molecular complexity index is 190. The minimum atomic E-state index is -1.01. The van der Waals surface area contributed by atoms with Crippen LogP contribution in [-0.2, 0) is 14.3 Å². The van der Waals surface area contributed by atoms with Gasteiger partial charge in [0.1, 0.15) is 0 Å². The van der Waals surface area contributed by atoms with Crippen molar-refractivity contribution in [2.45, 2.75) is 38.7 Å². The molecule has 1 atom stereocenters. The van der Waals surface area contributed by atoms with Crippen LogP contribution in [0.15, 0.2) is 0 Å². The van der Waals surface area contributed by atoms with E-state index in [1.54, 1.807) is 6.92 Å². The topological polar surface area (TPSA) is 83.8 Å². The van der Waals surface area contributed by atoms with Crippen molar-refractivity contribution in [1.29, 1.82) is 0 Å². The summed E-state index contributed by atoms with van der Waals surface area (Å²) in [5, 5.41) is 16.8. The number of aliphatic carboxylic acids is 1. The fourth-order valence-corrected chi connectivity index (χ4v) is 0.930. The van der Waals surface area contributed by atoms with Crippen molar-refractivity contribution in [2.75, 3.05) is 6.61 Å². The average molecular weight is 204 g/mol. The number of esters is 1. The molecule has 5 heteroatoms. The van der Waals surface area contributed by atoms with E-state index in [4.69, 9.17) is 14.9 Å². The lowest BCUT2D eigenvalue weighted by Gasteiger charge is -2.11. The lowest BCUT2D eigenvalue weighted by Crippen LogP contribution is -2.16. The van der Waals surface area contributed by atoms with Gasteiger partial charge in [-0.1, -0.05) is 0 Å². The molecule has 0 fully saturated rings. The molecule has 5 nitrogen and oxygen atoms in total. The van der Waals surface area contributed by atoms with Gasteiger partial charge in [0.25, 0.3) is 0 Å². The fraction of sp³-hybridized carbons (Fsp3) is 0.778. The Morgan fingerprint density at radius 2 is 2.00 bits per heavy atom. The molecule has 0 spiro atoms. The Labute approximate surface area is 82.7 Å². The Morgan fingerprint density at radius 3 is 2.50 bits per heavy atom. The third kappa shape index (κ3) is 7.54. The van der Waals surface area contributed by atoms with Crippen LogP contribution in [0, 0.1) is 0 Å². The minimum Gasteiger partial charge on any atom is -0.481 e. The van der Waals surface area contributed by atoms with Crippen LogP contribution in [0.3, 0.4) is 0 Å². The molecule has 0 radical (unpaired) electrons. The summed E-state index contributed by atoms with van der Waals surface area (Å²) in [6, 6.07) is 0. The van der Waals surface area contributed by atoms with Gasteiger partial charge in [0.2, 0.25) is 0 Å². The highest BCUT2D eigenvalue weighted by Crippen LogP contribution is 2.03. The summed E-state index contributed by atoms with van der Waals surface area (Å²) < 4.78 is 4.89.